The Kier molecular flexibility index (Phi) is 4.78. The number of methoxy groups -OCH3 is 2. The first-order valence-electron chi connectivity index (χ1n) is 6.40. The van der Waals surface area contributed by atoms with Gasteiger partial charge in [-0.25, -0.2) is 0 Å². The van der Waals surface area contributed by atoms with Crippen LogP contribution in [0.4, 0.5) is 0 Å². The fraction of sp³-hybridized carbons (Fsp3) is 0.615. The third-order valence-electron chi connectivity index (χ3n) is 3.49. The maximum atomic E-state index is 11.4. The van der Waals surface area contributed by atoms with E-state index >= 15 is 0 Å². The molecule has 0 unspecified atom stereocenters. The SMILES string of the molecule is COc1nc(OC)c([CH2][Al])c(C2CCC(=O)CC2)n1. The highest BCUT2D eigenvalue weighted by Gasteiger charge is 2.26. The molecule has 2 rings (SSSR count). The van der Waals surface area contributed by atoms with Crippen LogP contribution >= 0.6 is 0 Å². The van der Waals surface area contributed by atoms with Crippen LogP contribution in [0.2, 0.25) is 0 Å². The molecule has 0 atom stereocenters. The molecular formula is C13H17AlN2O3. The van der Waals surface area contributed by atoms with Gasteiger partial charge in [0.15, 0.2) is 0 Å². The summed E-state index contributed by atoms with van der Waals surface area (Å²) in [7, 11) is 3.14. The zero-order valence-corrected chi connectivity index (χ0v) is 12.5. The standard InChI is InChI=1S/C13H17N2O3.Al/c1-8-11(9-4-6-10(16)7-5-9)14-13(18-3)15-12(8)17-2;/h9H,1,4-7H2,2-3H3;. The Morgan fingerprint density at radius 1 is 1.21 bits per heavy atom. The maximum absolute atomic E-state index is 11.4. The van der Waals surface area contributed by atoms with E-state index in [0.29, 0.717) is 36.4 Å². The third-order valence-corrected chi connectivity index (χ3v) is 3.90. The summed E-state index contributed by atoms with van der Waals surface area (Å²) in [5.74, 6) is 1.20. The van der Waals surface area contributed by atoms with Crippen molar-refractivity contribution in [1.82, 2.24) is 9.97 Å². The van der Waals surface area contributed by atoms with E-state index in [0.717, 1.165) is 29.4 Å². The molecule has 0 aromatic carbocycles. The van der Waals surface area contributed by atoms with Gasteiger partial charge in [-0.1, -0.05) is 5.28 Å². The number of carbonyl (C=O) groups excluding carboxylic acids is 1. The summed E-state index contributed by atoms with van der Waals surface area (Å²) in [4.78, 5) is 20.1. The number of hydrogen-bond acceptors (Lipinski definition) is 5. The van der Waals surface area contributed by atoms with Crippen LogP contribution < -0.4 is 9.47 Å². The van der Waals surface area contributed by atoms with Crippen molar-refractivity contribution in [3.63, 3.8) is 0 Å². The molecule has 0 saturated heterocycles. The van der Waals surface area contributed by atoms with E-state index in [4.69, 9.17) is 9.47 Å². The molecule has 6 heteroatoms. The molecule has 0 aliphatic heterocycles. The number of ether oxygens (including phenoxy) is 2. The van der Waals surface area contributed by atoms with Gasteiger partial charge in [-0.05, 0) is 12.8 Å². The fourth-order valence-corrected chi connectivity index (χ4v) is 2.85. The van der Waals surface area contributed by atoms with E-state index in [9.17, 15) is 4.79 Å². The van der Waals surface area contributed by atoms with Gasteiger partial charge in [-0.3, -0.25) is 4.79 Å². The molecule has 19 heavy (non-hydrogen) atoms. The fourth-order valence-electron chi connectivity index (χ4n) is 2.46. The van der Waals surface area contributed by atoms with Crippen LogP contribution in [0.15, 0.2) is 0 Å². The largest absolute Gasteiger partial charge is 0.481 e. The van der Waals surface area contributed by atoms with E-state index in [-0.39, 0.29) is 0 Å². The molecule has 0 bridgehead atoms. The Balaban J connectivity index is 2.39. The first-order chi connectivity index (χ1) is 9.19. The summed E-state index contributed by atoms with van der Waals surface area (Å²) in [6, 6.07) is 0.325. The predicted molar refractivity (Wildman–Crippen MR) is 70.8 cm³/mol. The van der Waals surface area contributed by atoms with E-state index in [2.05, 4.69) is 26.3 Å². The van der Waals surface area contributed by atoms with Crippen molar-refractivity contribution in [2.45, 2.75) is 36.9 Å². The van der Waals surface area contributed by atoms with E-state index in [1.54, 1.807) is 14.2 Å². The highest BCUT2D eigenvalue weighted by atomic mass is 27.0. The van der Waals surface area contributed by atoms with Gasteiger partial charge >= 0.3 is 6.01 Å². The quantitative estimate of drug-likeness (QED) is 0.778. The highest BCUT2D eigenvalue weighted by molar-refractivity contribution is 6.08. The zero-order chi connectivity index (χ0) is 13.8. The lowest BCUT2D eigenvalue weighted by molar-refractivity contribution is -0.120. The highest BCUT2D eigenvalue weighted by Crippen LogP contribution is 2.35. The molecule has 5 nitrogen and oxygen atoms in total. The molecule has 1 saturated carbocycles. The molecule has 1 aromatic heterocycles. The molecule has 1 heterocycles. The summed E-state index contributed by atoms with van der Waals surface area (Å²) in [5, 5.41) is 0.729. The molecule has 0 amide bonds. The van der Waals surface area contributed by atoms with Crippen molar-refractivity contribution in [1.29, 1.82) is 0 Å². The van der Waals surface area contributed by atoms with Crippen LogP contribution in [0.5, 0.6) is 11.9 Å². The Morgan fingerprint density at radius 2 is 1.89 bits per heavy atom. The van der Waals surface area contributed by atoms with Gasteiger partial charge in [-0.2, -0.15) is 9.97 Å². The molecule has 100 valence electrons. The molecule has 0 N–H and O–H groups in total. The molecule has 0 spiro atoms. The molecule has 1 fully saturated rings. The number of rotatable bonds is 4. The second-order valence-corrected chi connectivity index (χ2v) is 5.01. The van der Waals surface area contributed by atoms with Gasteiger partial charge in [0.25, 0.3) is 0 Å². The summed E-state index contributed by atoms with van der Waals surface area (Å²) >= 11 is 2.68. The van der Waals surface area contributed by atoms with Crippen molar-refractivity contribution in [2.75, 3.05) is 14.2 Å². The van der Waals surface area contributed by atoms with E-state index in [1.165, 1.54) is 0 Å². The average Bonchev–Trinajstić information content (AvgIpc) is 2.46. The third kappa shape index (κ3) is 3.07. The van der Waals surface area contributed by atoms with Crippen LogP contribution in [-0.4, -0.2) is 46.3 Å². The van der Waals surface area contributed by atoms with Crippen LogP contribution in [0, 0.1) is 0 Å². The second kappa shape index (κ2) is 6.36. The molecular weight excluding hydrogens is 259 g/mol. The first-order valence-corrected chi connectivity index (χ1v) is 7.21. The van der Waals surface area contributed by atoms with Crippen LogP contribution in [0.3, 0.4) is 0 Å². The van der Waals surface area contributed by atoms with Crippen molar-refractivity contribution < 1.29 is 14.3 Å². The van der Waals surface area contributed by atoms with Crippen LogP contribution in [0.1, 0.15) is 42.9 Å². The van der Waals surface area contributed by atoms with Crippen LogP contribution in [0.25, 0.3) is 0 Å². The normalized spacial score (nSPS) is 16.4. The Morgan fingerprint density at radius 3 is 2.42 bits per heavy atom. The first kappa shape index (κ1) is 14.3. The summed E-state index contributed by atoms with van der Waals surface area (Å²) in [5.41, 5.74) is 1.96. The van der Waals surface area contributed by atoms with Gasteiger partial charge < -0.3 is 9.47 Å². The maximum Gasteiger partial charge on any atom is 0.319 e. The van der Waals surface area contributed by atoms with Gasteiger partial charge in [0.1, 0.15) is 22.1 Å². The number of Topliss-reactive ketones (excluding diaryl/α,β-unsaturated/α-hetero) is 1. The second-order valence-electron chi connectivity index (χ2n) is 4.60. The summed E-state index contributed by atoms with van der Waals surface area (Å²) < 4.78 is 10.5. The summed E-state index contributed by atoms with van der Waals surface area (Å²) in [6.45, 7) is 0. The monoisotopic (exact) mass is 276 g/mol. The summed E-state index contributed by atoms with van der Waals surface area (Å²) in [6.07, 6.45) is 2.96. The minimum Gasteiger partial charge on any atom is -0.481 e. The van der Waals surface area contributed by atoms with Crippen molar-refractivity contribution >= 4 is 22.1 Å². The lowest BCUT2D eigenvalue weighted by Gasteiger charge is -2.23. The minimum atomic E-state index is 0.291. The zero-order valence-electron chi connectivity index (χ0n) is 11.3. The van der Waals surface area contributed by atoms with E-state index in [1.807, 2.05) is 0 Å². The average molecular weight is 276 g/mol. The predicted octanol–water partition coefficient (Wildman–Crippen LogP) is 1.39. The topological polar surface area (TPSA) is 61.3 Å². The van der Waals surface area contributed by atoms with Crippen molar-refractivity contribution in [3.8, 4) is 11.9 Å². The van der Waals surface area contributed by atoms with Crippen molar-refractivity contribution in [2.24, 2.45) is 0 Å². The van der Waals surface area contributed by atoms with Gasteiger partial charge in [0, 0.05) is 24.3 Å². The Labute approximate surface area is 121 Å². The number of nitrogens with zero attached hydrogens (tertiary/aromatic N) is 2. The lowest BCUT2D eigenvalue weighted by atomic mass is 9.84. The van der Waals surface area contributed by atoms with Gasteiger partial charge in [0.05, 0.1) is 19.9 Å². The molecule has 1 aromatic rings. The number of carbonyl (C=O) groups is 1. The molecule has 1 aliphatic carbocycles. The Bertz CT molecular complexity index is 469. The number of aromatic nitrogens is 2. The van der Waals surface area contributed by atoms with Gasteiger partial charge in [-0.15, -0.1) is 0 Å². The lowest BCUT2D eigenvalue weighted by Crippen LogP contribution is -2.17. The molecule has 2 radical (unpaired) electrons. The van der Waals surface area contributed by atoms with E-state index < -0.39 is 0 Å². The van der Waals surface area contributed by atoms with Crippen molar-refractivity contribution in [3.05, 3.63) is 11.3 Å². The van der Waals surface area contributed by atoms with Crippen LogP contribution in [-0.2, 0) is 10.1 Å². The van der Waals surface area contributed by atoms with Gasteiger partial charge in [0.2, 0.25) is 5.88 Å². The number of ketones is 1. The number of hydrogen-bond donors (Lipinski definition) is 0. The molecule has 1 aliphatic rings. The smallest absolute Gasteiger partial charge is 0.319 e. The minimum absolute atomic E-state index is 0.291. The Hall–Kier alpha value is -1.12.